The number of benzene rings is 2. The Balaban J connectivity index is 1.50. The zero-order chi connectivity index (χ0) is 22.0. The lowest BCUT2D eigenvalue weighted by Gasteiger charge is -2.29. The molecular weight excluding hydrogens is 410 g/mol. The Bertz CT molecular complexity index is 1390. The highest BCUT2D eigenvalue weighted by Gasteiger charge is 2.17. The lowest BCUT2D eigenvalue weighted by Crippen LogP contribution is -2.36. The molecule has 6 nitrogen and oxygen atoms in total. The molecule has 3 aromatic heterocycles. The third-order valence-electron chi connectivity index (χ3n) is 5.98. The fraction of sp³-hybridized carbons (Fsp3) is 0.148. The number of para-hydroxylation sites is 1. The molecule has 0 spiro atoms. The van der Waals surface area contributed by atoms with Crippen LogP contribution in [0.2, 0.25) is 0 Å². The number of hydrogen-bond donors (Lipinski definition) is 0. The van der Waals surface area contributed by atoms with Gasteiger partial charge in [-0.25, -0.2) is 9.97 Å². The minimum absolute atomic E-state index is 0.766. The van der Waals surface area contributed by atoms with Crippen LogP contribution in [0.25, 0.3) is 39.5 Å². The van der Waals surface area contributed by atoms with Crippen molar-refractivity contribution in [2.45, 2.75) is 0 Å². The summed E-state index contributed by atoms with van der Waals surface area (Å²) in [6.45, 7) is 3.35. The maximum atomic E-state index is 5.51. The molecule has 0 saturated carbocycles. The summed E-state index contributed by atoms with van der Waals surface area (Å²) in [5.41, 5.74) is 6.94. The van der Waals surface area contributed by atoms with Gasteiger partial charge in [0.05, 0.1) is 18.9 Å². The molecule has 6 heteroatoms. The third kappa shape index (κ3) is 3.75. The predicted octanol–water partition coefficient (Wildman–Crippen LogP) is 4.99. The number of imidazole rings is 1. The molecule has 1 aliphatic heterocycles. The number of ether oxygens (including phenoxy) is 1. The maximum Gasteiger partial charge on any atom is 0.165 e. The zero-order valence-corrected chi connectivity index (χ0v) is 18.1. The van der Waals surface area contributed by atoms with Gasteiger partial charge < -0.3 is 9.64 Å². The second-order valence-corrected chi connectivity index (χ2v) is 8.03. The van der Waals surface area contributed by atoms with E-state index < -0.39 is 0 Å². The number of hydrogen-bond acceptors (Lipinski definition) is 5. The summed E-state index contributed by atoms with van der Waals surface area (Å²) < 4.78 is 7.64. The molecule has 1 saturated heterocycles. The number of nitrogens with zero attached hydrogens (tertiary/aromatic N) is 5. The van der Waals surface area contributed by atoms with E-state index in [0.717, 1.165) is 65.8 Å². The van der Waals surface area contributed by atoms with E-state index in [1.807, 2.05) is 30.3 Å². The van der Waals surface area contributed by atoms with Gasteiger partial charge in [0.15, 0.2) is 5.65 Å². The fourth-order valence-electron chi connectivity index (χ4n) is 4.32. The summed E-state index contributed by atoms with van der Waals surface area (Å²) in [7, 11) is 0. The first-order valence-corrected chi connectivity index (χ1v) is 11.2. The van der Waals surface area contributed by atoms with E-state index >= 15 is 0 Å². The van der Waals surface area contributed by atoms with Gasteiger partial charge in [0.1, 0.15) is 11.3 Å². The van der Waals surface area contributed by atoms with E-state index in [9.17, 15) is 0 Å². The average molecular weight is 434 g/mol. The normalized spacial score (nSPS) is 14.0. The van der Waals surface area contributed by atoms with Crippen LogP contribution >= 0.6 is 0 Å². The van der Waals surface area contributed by atoms with Gasteiger partial charge in [-0.15, -0.1) is 0 Å². The van der Waals surface area contributed by atoms with Crippen molar-refractivity contribution in [1.29, 1.82) is 0 Å². The van der Waals surface area contributed by atoms with Crippen LogP contribution in [-0.2, 0) is 4.74 Å². The Morgan fingerprint density at radius 3 is 2.30 bits per heavy atom. The van der Waals surface area contributed by atoms with Crippen molar-refractivity contribution in [2.24, 2.45) is 0 Å². The van der Waals surface area contributed by atoms with Crippen LogP contribution in [0.5, 0.6) is 0 Å². The van der Waals surface area contributed by atoms with Crippen LogP contribution in [0.3, 0.4) is 0 Å². The molecule has 162 valence electrons. The van der Waals surface area contributed by atoms with Gasteiger partial charge in [0.2, 0.25) is 0 Å². The standard InChI is InChI=1S/C27H23N5O/c1-2-6-22(7-3-1)32-26(20-11-13-28-14-12-20)30-25-10-9-24(29-27(25)32)21-5-4-8-23(19-21)31-15-17-33-18-16-31/h1-14,19H,15-18H2. The molecule has 0 bridgehead atoms. The van der Waals surface area contributed by atoms with Crippen molar-refractivity contribution < 1.29 is 4.74 Å². The van der Waals surface area contributed by atoms with E-state index in [4.69, 9.17) is 14.7 Å². The van der Waals surface area contributed by atoms with Crippen LogP contribution in [0, 0.1) is 0 Å². The minimum Gasteiger partial charge on any atom is -0.378 e. The number of pyridine rings is 2. The van der Waals surface area contributed by atoms with Crippen LogP contribution in [-0.4, -0.2) is 45.8 Å². The van der Waals surface area contributed by atoms with E-state index in [-0.39, 0.29) is 0 Å². The molecule has 1 aliphatic rings. The summed E-state index contributed by atoms with van der Waals surface area (Å²) in [5, 5.41) is 0. The highest BCUT2D eigenvalue weighted by Crippen LogP contribution is 2.30. The van der Waals surface area contributed by atoms with Crippen molar-refractivity contribution in [2.75, 3.05) is 31.2 Å². The molecule has 6 rings (SSSR count). The van der Waals surface area contributed by atoms with Crippen molar-refractivity contribution in [3.63, 3.8) is 0 Å². The summed E-state index contributed by atoms with van der Waals surface area (Å²) >= 11 is 0. The van der Waals surface area contributed by atoms with Crippen molar-refractivity contribution in [3.05, 3.63) is 91.3 Å². The lowest BCUT2D eigenvalue weighted by atomic mass is 10.1. The molecule has 0 aliphatic carbocycles. The second kappa shape index (κ2) is 8.48. The third-order valence-corrected chi connectivity index (χ3v) is 5.98. The number of morpholine rings is 1. The smallest absolute Gasteiger partial charge is 0.165 e. The minimum atomic E-state index is 0.766. The molecule has 0 N–H and O–H groups in total. The number of aromatic nitrogens is 4. The zero-order valence-electron chi connectivity index (χ0n) is 18.1. The summed E-state index contributed by atoms with van der Waals surface area (Å²) in [5.74, 6) is 0.852. The highest BCUT2D eigenvalue weighted by atomic mass is 16.5. The predicted molar refractivity (Wildman–Crippen MR) is 131 cm³/mol. The van der Waals surface area contributed by atoms with Crippen LogP contribution in [0.1, 0.15) is 0 Å². The fourth-order valence-corrected chi connectivity index (χ4v) is 4.32. The SMILES string of the molecule is c1ccc(-n2c(-c3ccncc3)nc3ccc(-c4cccc(N5CCOCC5)c4)nc32)cc1. The van der Waals surface area contributed by atoms with Crippen molar-refractivity contribution in [1.82, 2.24) is 19.5 Å². The van der Waals surface area contributed by atoms with Crippen molar-refractivity contribution >= 4 is 16.9 Å². The van der Waals surface area contributed by atoms with Gasteiger partial charge in [-0.05, 0) is 48.5 Å². The quantitative estimate of drug-likeness (QED) is 0.400. The highest BCUT2D eigenvalue weighted by molar-refractivity contribution is 5.82. The first kappa shape index (κ1) is 19.6. The molecule has 1 fully saturated rings. The lowest BCUT2D eigenvalue weighted by molar-refractivity contribution is 0.122. The van der Waals surface area contributed by atoms with Crippen LogP contribution < -0.4 is 4.90 Å². The Morgan fingerprint density at radius 1 is 0.697 bits per heavy atom. The number of fused-ring (bicyclic) bond motifs is 1. The molecule has 0 atom stereocenters. The Morgan fingerprint density at radius 2 is 1.48 bits per heavy atom. The van der Waals surface area contributed by atoms with E-state index in [1.54, 1.807) is 12.4 Å². The molecule has 0 amide bonds. The first-order chi connectivity index (χ1) is 16.4. The molecule has 0 radical (unpaired) electrons. The van der Waals surface area contributed by atoms with Gasteiger partial charge in [0, 0.05) is 48.0 Å². The molecule has 4 heterocycles. The maximum absolute atomic E-state index is 5.51. The number of rotatable bonds is 4. The first-order valence-electron chi connectivity index (χ1n) is 11.2. The summed E-state index contributed by atoms with van der Waals surface area (Å²) in [6, 6.07) is 26.9. The molecule has 33 heavy (non-hydrogen) atoms. The second-order valence-electron chi connectivity index (χ2n) is 8.03. The summed E-state index contributed by atoms with van der Waals surface area (Å²) in [4.78, 5) is 16.6. The monoisotopic (exact) mass is 433 g/mol. The number of anilines is 1. The van der Waals surface area contributed by atoms with E-state index in [1.165, 1.54) is 5.69 Å². The Labute approximate surface area is 192 Å². The van der Waals surface area contributed by atoms with Gasteiger partial charge >= 0.3 is 0 Å². The molecule has 2 aromatic carbocycles. The Hall–Kier alpha value is -4.03. The molecule has 0 unspecified atom stereocenters. The summed E-state index contributed by atoms with van der Waals surface area (Å²) in [6.07, 6.45) is 3.58. The van der Waals surface area contributed by atoms with E-state index in [2.05, 4.69) is 63.0 Å². The van der Waals surface area contributed by atoms with Crippen LogP contribution in [0.15, 0.2) is 91.3 Å². The molecule has 5 aromatic rings. The largest absolute Gasteiger partial charge is 0.378 e. The van der Waals surface area contributed by atoms with Crippen molar-refractivity contribution in [3.8, 4) is 28.3 Å². The van der Waals surface area contributed by atoms with E-state index in [0.29, 0.717) is 0 Å². The average Bonchev–Trinajstić information content (AvgIpc) is 3.29. The van der Waals surface area contributed by atoms with Crippen LogP contribution in [0.4, 0.5) is 5.69 Å². The van der Waals surface area contributed by atoms with Gasteiger partial charge in [0.25, 0.3) is 0 Å². The topological polar surface area (TPSA) is 56.1 Å². The van der Waals surface area contributed by atoms with Gasteiger partial charge in [-0.1, -0.05) is 30.3 Å². The van der Waals surface area contributed by atoms with Gasteiger partial charge in [-0.3, -0.25) is 9.55 Å². The Kier molecular flexibility index (Phi) is 5.05. The molecular formula is C27H23N5O. The van der Waals surface area contributed by atoms with Gasteiger partial charge in [-0.2, -0.15) is 0 Å².